The van der Waals surface area contributed by atoms with Crippen LogP contribution in [0.4, 0.5) is 11.8 Å². The Morgan fingerprint density at radius 3 is 2.70 bits per heavy atom. The Kier molecular flexibility index (Phi) is 6.22. The second-order valence-corrected chi connectivity index (χ2v) is 7.30. The fourth-order valence-corrected chi connectivity index (χ4v) is 3.60. The largest absolute Gasteiger partial charge is 0.360 e. The second-order valence-electron chi connectivity index (χ2n) is 7.30. The van der Waals surface area contributed by atoms with E-state index in [4.69, 9.17) is 4.52 Å². The van der Waals surface area contributed by atoms with Crippen molar-refractivity contribution in [1.82, 2.24) is 20.4 Å². The number of benzene rings is 1. The minimum atomic E-state index is -0.211. The molecule has 0 aliphatic carbocycles. The van der Waals surface area contributed by atoms with Gasteiger partial charge in [0.25, 0.3) is 5.91 Å². The summed E-state index contributed by atoms with van der Waals surface area (Å²) in [4.78, 5) is 23.9. The monoisotopic (exact) mass is 406 g/mol. The van der Waals surface area contributed by atoms with Crippen LogP contribution in [0.5, 0.6) is 0 Å². The first-order valence-electron chi connectivity index (χ1n) is 10.3. The zero-order valence-corrected chi connectivity index (χ0v) is 17.1. The van der Waals surface area contributed by atoms with E-state index in [1.807, 2.05) is 36.4 Å². The van der Waals surface area contributed by atoms with Gasteiger partial charge in [-0.25, -0.2) is 4.98 Å². The summed E-state index contributed by atoms with van der Waals surface area (Å²) in [6.45, 7) is 4.75. The quantitative estimate of drug-likeness (QED) is 0.581. The number of aryl methyl sites for hydroxylation is 1. The van der Waals surface area contributed by atoms with E-state index in [2.05, 4.69) is 30.7 Å². The number of nitrogens with one attached hydrogen (secondary N) is 2. The van der Waals surface area contributed by atoms with E-state index in [1.54, 1.807) is 13.1 Å². The van der Waals surface area contributed by atoms with Gasteiger partial charge in [-0.05, 0) is 32.3 Å². The average molecular weight is 406 g/mol. The maximum atomic E-state index is 12.7. The van der Waals surface area contributed by atoms with Crippen molar-refractivity contribution in [2.45, 2.75) is 26.2 Å². The number of aromatic nitrogens is 3. The fraction of sp³-hybridized carbons (Fsp3) is 0.364. The lowest BCUT2D eigenvalue weighted by molar-refractivity contribution is 0.0954. The molecule has 2 N–H and O–H groups in total. The molecule has 8 nitrogen and oxygen atoms in total. The van der Waals surface area contributed by atoms with Gasteiger partial charge < -0.3 is 20.1 Å². The molecule has 30 heavy (non-hydrogen) atoms. The summed E-state index contributed by atoms with van der Waals surface area (Å²) in [7, 11) is 0. The third kappa shape index (κ3) is 4.59. The van der Waals surface area contributed by atoms with Crippen LogP contribution in [0.15, 0.2) is 47.1 Å². The van der Waals surface area contributed by atoms with Crippen molar-refractivity contribution in [2.75, 3.05) is 36.4 Å². The number of rotatable bonds is 7. The van der Waals surface area contributed by atoms with Crippen LogP contribution in [0.2, 0.25) is 0 Å². The van der Waals surface area contributed by atoms with Gasteiger partial charge in [-0.2, -0.15) is 4.98 Å². The molecule has 156 valence electrons. The van der Waals surface area contributed by atoms with Crippen LogP contribution >= 0.6 is 0 Å². The topological polar surface area (TPSA) is 96.2 Å². The summed E-state index contributed by atoms with van der Waals surface area (Å²) in [5.41, 5.74) is 1.86. The van der Waals surface area contributed by atoms with Crippen LogP contribution in [-0.2, 0) is 0 Å². The van der Waals surface area contributed by atoms with Gasteiger partial charge in [0, 0.05) is 37.9 Å². The Hall–Kier alpha value is -3.42. The summed E-state index contributed by atoms with van der Waals surface area (Å²) in [6.07, 6.45) is 5.45. The SMILES string of the molecule is Cc1onc(-c2ccccc2)c1C(=O)NCCNc1nccc(N2CCCCC2)n1. The zero-order chi connectivity index (χ0) is 20.8. The van der Waals surface area contributed by atoms with Crippen molar-refractivity contribution in [3.05, 3.63) is 53.9 Å². The zero-order valence-electron chi connectivity index (χ0n) is 17.1. The van der Waals surface area contributed by atoms with Crippen LogP contribution in [0, 0.1) is 6.92 Å². The van der Waals surface area contributed by atoms with Crippen molar-refractivity contribution in [1.29, 1.82) is 0 Å². The number of carbonyl (C=O) groups excluding carboxylic acids is 1. The summed E-state index contributed by atoms with van der Waals surface area (Å²) < 4.78 is 5.27. The number of hydrogen-bond donors (Lipinski definition) is 2. The number of amides is 1. The predicted octanol–water partition coefficient (Wildman–Crippen LogP) is 3.27. The third-order valence-corrected chi connectivity index (χ3v) is 5.15. The average Bonchev–Trinajstić information content (AvgIpc) is 3.19. The summed E-state index contributed by atoms with van der Waals surface area (Å²) in [6, 6.07) is 11.5. The van der Waals surface area contributed by atoms with Crippen molar-refractivity contribution < 1.29 is 9.32 Å². The first kappa shape index (κ1) is 19.9. The van der Waals surface area contributed by atoms with Gasteiger partial charge in [-0.3, -0.25) is 4.79 Å². The van der Waals surface area contributed by atoms with Crippen LogP contribution in [0.1, 0.15) is 35.4 Å². The maximum Gasteiger partial charge on any atom is 0.257 e. The molecule has 1 amide bonds. The van der Waals surface area contributed by atoms with Crippen molar-refractivity contribution in [3.8, 4) is 11.3 Å². The molecular weight excluding hydrogens is 380 g/mol. The molecule has 4 rings (SSSR count). The Balaban J connectivity index is 1.32. The molecule has 1 aromatic carbocycles. The van der Waals surface area contributed by atoms with Crippen molar-refractivity contribution >= 4 is 17.7 Å². The van der Waals surface area contributed by atoms with E-state index in [1.165, 1.54) is 19.3 Å². The highest BCUT2D eigenvalue weighted by Gasteiger charge is 2.21. The molecule has 0 atom stereocenters. The first-order chi connectivity index (χ1) is 14.7. The molecule has 0 unspecified atom stereocenters. The molecule has 0 bridgehead atoms. The van der Waals surface area contributed by atoms with E-state index in [9.17, 15) is 4.79 Å². The van der Waals surface area contributed by atoms with E-state index < -0.39 is 0 Å². The Morgan fingerprint density at radius 2 is 1.90 bits per heavy atom. The lowest BCUT2D eigenvalue weighted by Gasteiger charge is -2.27. The third-order valence-electron chi connectivity index (χ3n) is 5.15. The second kappa shape index (κ2) is 9.39. The normalized spacial score (nSPS) is 13.8. The maximum absolute atomic E-state index is 12.7. The van der Waals surface area contributed by atoms with Crippen LogP contribution in [0.3, 0.4) is 0 Å². The fourth-order valence-electron chi connectivity index (χ4n) is 3.60. The number of hydrogen-bond acceptors (Lipinski definition) is 7. The molecule has 3 aromatic rings. The van der Waals surface area contributed by atoms with Crippen molar-refractivity contribution in [3.63, 3.8) is 0 Å². The molecule has 1 saturated heterocycles. The molecule has 1 aliphatic rings. The van der Waals surface area contributed by atoms with Gasteiger partial charge in [0.2, 0.25) is 5.95 Å². The van der Waals surface area contributed by atoms with Crippen LogP contribution in [-0.4, -0.2) is 47.2 Å². The first-order valence-corrected chi connectivity index (χ1v) is 10.3. The summed E-state index contributed by atoms with van der Waals surface area (Å²) in [5.74, 6) is 1.80. The van der Waals surface area contributed by atoms with E-state index >= 15 is 0 Å². The Morgan fingerprint density at radius 1 is 1.10 bits per heavy atom. The number of carbonyl (C=O) groups is 1. The molecule has 0 radical (unpaired) electrons. The number of piperidine rings is 1. The minimum absolute atomic E-state index is 0.211. The van der Waals surface area contributed by atoms with E-state index in [0.717, 1.165) is 24.5 Å². The molecule has 0 spiro atoms. The standard InChI is InChI=1S/C22H26N6O2/c1-16-19(20(27-30-16)17-8-4-2-5-9-17)21(29)23-12-13-25-22-24-11-10-18(26-22)28-14-6-3-7-15-28/h2,4-5,8-11H,3,6-7,12-15H2,1H3,(H,23,29)(H,24,25,26). The molecule has 8 heteroatoms. The molecule has 1 fully saturated rings. The minimum Gasteiger partial charge on any atom is -0.360 e. The van der Waals surface area contributed by atoms with E-state index in [-0.39, 0.29) is 5.91 Å². The molecule has 1 aliphatic heterocycles. The lowest BCUT2D eigenvalue weighted by Crippen LogP contribution is -2.31. The van der Waals surface area contributed by atoms with Gasteiger partial charge >= 0.3 is 0 Å². The van der Waals surface area contributed by atoms with Gasteiger partial charge in [0.05, 0.1) is 0 Å². The molecular formula is C22H26N6O2. The molecule has 2 aromatic heterocycles. The highest BCUT2D eigenvalue weighted by Crippen LogP contribution is 2.24. The highest BCUT2D eigenvalue weighted by atomic mass is 16.5. The predicted molar refractivity (Wildman–Crippen MR) is 116 cm³/mol. The molecule has 3 heterocycles. The van der Waals surface area contributed by atoms with Crippen LogP contribution in [0.25, 0.3) is 11.3 Å². The number of anilines is 2. The summed E-state index contributed by atoms with van der Waals surface area (Å²) >= 11 is 0. The Labute approximate surface area is 175 Å². The van der Waals surface area contributed by atoms with Gasteiger partial charge in [0.1, 0.15) is 22.8 Å². The Bertz CT molecular complexity index is 982. The lowest BCUT2D eigenvalue weighted by atomic mass is 10.1. The van der Waals surface area contributed by atoms with Crippen LogP contribution < -0.4 is 15.5 Å². The van der Waals surface area contributed by atoms with E-state index in [0.29, 0.717) is 36.1 Å². The summed E-state index contributed by atoms with van der Waals surface area (Å²) in [5, 5.41) is 10.2. The van der Waals surface area contributed by atoms with Gasteiger partial charge in [0.15, 0.2) is 0 Å². The number of nitrogens with zero attached hydrogens (tertiary/aromatic N) is 4. The van der Waals surface area contributed by atoms with Gasteiger partial charge in [-0.1, -0.05) is 35.5 Å². The van der Waals surface area contributed by atoms with Gasteiger partial charge in [-0.15, -0.1) is 0 Å². The van der Waals surface area contributed by atoms with Crippen molar-refractivity contribution in [2.24, 2.45) is 0 Å². The highest BCUT2D eigenvalue weighted by molar-refractivity contribution is 6.00. The smallest absolute Gasteiger partial charge is 0.257 e. The molecule has 0 saturated carbocycles.